The van der Waals surface area contributed by atoms with Crippen molar-refractivity contribution in [1.82, 2.24) is 4.90 Å². The molecule has 0 saturated carbocycles. The van der Waals surface area contributed by atoms with Gasteiger partial charge in [0.05, 0.1) is 5.16 Å². The fourth-order valence-corrected chi connectivity index (χ4v) is 3.92. The molecule has 0 N–H and O–H groups in total. The number of rotatable bonds is 12. The molecular weight excluding hydrogens is 344 g/mol. The van der Waals surface area contributed by atoms with E-state index in [-0.39, 0.29) is 5.97 Å². The van der Waals surface area contributed by atoms with Gasteiger partial charge in [0.25, 0.3) is 0 Å². The Labute approximate surface area is 162 Å². The molecule has 0 radical (unpaired) electrons. The summed E-state index contributed by atoms with van der Waals surface area (Å²) in [7, 11) is 0. The van der Waals surface area contributed by atoms with Gasteiger partial charge in [-0.15, -0.1) is 0 Å². The lowest BCUT2D eigenvalue weighted by Crippen LogP contribution is -2.27. The van der Waals surface area contributed by atoms with Crippen LogP contribution in [-0.2, 0) is 9.53 Å². The van der Waals surface area contributed by atoms with Gasteiger partial charge in [-0.05, 0) is 67.5 Å². The first kappa shape index (κ1) is 20.8. The number of likely N-dealkylation sites (N-methyl/N-ethyl adjacent to an activating group) is 1. The summed E-state index contributed by atoms with van der Waals surface area (Å²) in [6.07, 6.45) is 3.39. The summed E-state index contributed by atoms with van der Waals surface area (Å²) in [5, 5.41) is 2.43. The molecule has 0 spiro atoms. The first-order valence-corrected chi connectivity index (χ1v) is 10.1. The van der Waals surface area contributed by atoms with Crippen LogP contribution in [0.2, 0.25) is 0 Å². The van der Waals surface area contributed by atoms with Crippen LogP contribution in [-0.4, -0.2) is 48.8 Å². The highest BCUT2D eigenvalue weighted by molar-refractivity contribution is 7.78. The molecular formula is C21H30N2O2S. The molecule has 142 valence electrons. The van der Waals surface area contributed by atoms with Crippen LogP contribution in [0.1, 0.15) is 62.5 Å². The third-order valence-electron chi connectivity index (χ3n) is 5.33. The molecule has 0 aromatic heterocycles. The first-order chi connectivity index (χ1) is 12.7. The Balaban J connectivity index is 1.80. The van der Waals surface area contributed by atoms with E-state index in [9.17, 15) is 4.79 Å². The topological polar surface area (TPSA) is 41.9 Å². The van der Waals surface area contributed by atoms with Crippen molar-refractivity contribution in [3.05, 3.63) is 35.4 Å². The summed E-state index contributed by atoms with van der Waals surface area (Å²) in [5.41, 5.74) is 2.73. The molecule has 1 aromatic rings. The van der Waals surface area contributed by atoms with E-state index in [4.69, 9.17) is 4.74 Å². The fourth-order valence-electron chi connectivity index (χ4n) is 3.83. The van der Waals surface area contributed by atoms with Gasteiger partial charge < -0.3 is 9.64 Å². The Kier molecular flexibility index (Phi) is 8.96. The number of fused-ring (bicyclic) bond motifs is 2. The van der Waals surface area contributed by atoms with E-state index in [0.29, 0.717) is 24.9 Å². The molecule has 5 heteroatoms. The maximum absolute atomic E-state index is 12.1. The second-order valence-corrected chi connectivity index (χ2v) is 6.97. The van der Waals surface area contributed by atoms with Gasteiger partial charge in [-0.1, -0.05) is 38.1 Å². The highest BCUT2D eigenvalue weighted by Crippen LogP contribution is 2.45. The van der Waals surface area contributed by atoms with Gasteiger partial charge in [-0.3, -0.25) is 4.79 Å². The number of isothiocyanates is 1. The third kappa shape index (κ3) is 6.01. The molecule has 2 bridgehead atoms. The number of benzene rings is 1. The monoisotopic (exact) mass is 374 g/mol. The molecule has 0 aliphatic heterocycles. The van der Waals surface area contributed by atoms with E-state index in [1.54, 1.807) is 0 Å². The van der Waals surface area contributed by atoms with Gasteiger partial charge in [-0.25, -0.2) is 4.99 Å². The Morgan fingerprint density at radius 2 is 1.92 bits per heavy atom. The van der Waals surface area contributed by atoms with Crippen LogP contribution < -0.4 is 0 Å². The van der Waals surface area contributed by atoms with Crippen molar-refractivity contribution < 1.29 is 9.53 Å². The lowest BCUT2D eigenvalue weighted by Gasteiger charge is -2.21. The van der Waals surface area contributed by atoms with Gasteiger partial charge in [-0.2, -0.15) is 0 Å². The van der Waals surface area contributed by atoms with E-state index in [1.165, 1.54) is 11.1 Å². The van der Waals surface area contributed by atoms with Crippen LogP contribution in [0.15, 0.2) is 29.3 Å². The normalized spacial score (nSPS) is 18.0. The van der Waals surface area contributed by atoms with Gasteiger partial charge in [0.2, 0.25) is 0 Å². The molecule has 4 nitrogen and oxygen atoms in total. The van der Waals surface area contributed by atoms with Crippen molar-refractivity contribution >= 4 is 23.3 Å². The molecule has 0 amide bonds. The molecule has 2 atom stereocenters. The number of esters is 1. The van der Waals surface area contributed by atoms with Crippen LogP contribution in [0.3, 0.4) is 0 Å². The molecule has 1 aliphatic carbocycles. The zero-order chi connectivity index (χ0) is 18.8. The highest BCUT2D eigenvalue weighted by Gasteiger charge is 2.30. The van der Waals surface area contributed by atoms with Crippen molar-refractivity contribution in [2.45, 2.75) is 51.4 Å². The largest absolute Gasteiger partial charge is 0.464 e. The smallest absolute Gasteiger partial charge is 0.305 e. The average Bonchev–Trinajstić information content (AvgIpc) is 2.89. The van der Waals surface area contributed by atoms with Crippen LogP contribution in [0, 0.1) is 0 Å². The average molecular weight is 375 g/mol. The molecule has 1 aliphatic rings. The van der Waals surface area contributed by atoms with Crippen molar-refractivity contribution in [2.75, 3.05) is 32.8 Å². The maximum Gasteiger partial charge on any atom is 0.305 e. The molecule has 2 unspecified atom stereocenters. The van der Waals surface area contributed by atoms with E-state index < -0.39 is 0 Å². The molecule has 0 fully saturated rings. The summed E-state index contributed by atoms with van der Waals surface area (Å²) in [6.45, 7) is 8.25. The molecule has 26 heavy (non-hydrogen) atoms. The van der Waals surface area contributed by atoms with Gasteiger partial charge in [0.15, 0.2) is 0 Å². The van der Waals surface area contributed by atoms with Gasteiger partial charge in [0, 0.05) is 19.5 Å². The van der Waals surface area contributed by atoms with Crippen molar-refractivity contribution in [1.29, 1.82) is 0 Å². The van der Waals surface area contributed by atoms with Gasteiger partial charge >= 0.3 is 5.97 Å². The zero-order valence-electron chi connectivity index (χ0n) is 15.9. The van der Waals surface area contributed by atoms with E-state index in [2.05, 4.69) is 65.4 Å². The molecule has 0 heterocycles. The SMILES string of the molecule is CCN(CC)CCOC(=O)CCC1c2cccc(c2)C1CCCN=C=S. The molecule has 0 saturated heterocycles. The summed E-state index contributed by atoms with van der Waals surface area (Å²) >= 11 is 4.63. The van der Waals surface area contributed by atoms with E-state index in [0.717, 1.165) is 45.4 Å². The van der Waals surface area contributed by atoms with E-state index in [1.807, 2.05) is 0 Å². The number of hydrogen-bond donors (Lipinski definition) is 0. The Bertz CT molecular complexity index is 624. The first-order valence-electron chi connectivity index (χ1n) is 9.71. The van der Waals surface area contributed by atoms with Crippen LogP contribution in [0.4, 0.5) is 0 Å². The summed E-state index contributed by atoms with van der Waals surface area (Å²) in [6, 6.07) is 8.77. The molecule has 2 rings (SSSR count). The number of ether oxygens (including phenoxy) is 1. The molecule has 1 aromatic carbocycles. The minimum absolute atomic E-state index is 0.0822. The maximum atomic E-state index is 12.1. The number of thiocarbonyl (C=S) groups is 1. The minimum Gasteiger partial charge on any atom is -0.464 e. The van der Waals surface area contributed by atoms with Crippen molar-refractivity contribution in [3.8, 4) is 0 Å². The minimum atomic E-state index is -0.0822. The summed E-state index contributed by atoms with van der Waals surface area (Å²) < 4.78 is 5.43. The van der Waals surface area contributed by atoms with Crippen LogP contribution >= 0.6 is 12.2 Å². The highest BCUT2D eigenvalue weighted by atomic mass is 32.1. The second kappa shape index (κ2) is 11.2. The number of hydrogen-bond acceptors (Lipinski definition) is 5. The third-order valence-corrected chi connectivity index (χ3v) is 5.46. The second-order valence-electron chi connectivity index (χ2n) is 6.78. The Morgan fingerprint density at radius 1 is 1.23 bits per heavy atom. The van der Waals surface area contributed by atoms with E-state index >= 15 is 0 Å². The Hall–Kier alpha value is -1.55. The fraction of sp³-hybridized carbons (Fsp3) is 0.619. The predicted molar refractivity (Wildman–Crippen MR) is 109 cm³/mol. The summed E-state index contributed by atoms with van der Waals surface area (Å²) in [4.78, 5) is 18.4. The van der Waals surface area contributed by atoms with Crippen molar-refractivity contribution in [2.24, 2.45) is 4.99 Å². The van der Waals surface area contributed by atoms with Gasteiger partial charge in [0.1, 0.15) is 6.61 Å². The predicted octanol–water partition coefficient (Wildman–Crippen LogP) is 4.42. The van der Waals surface area contributed by atoms with Crippen molar-refractivity contribution in [3.63, 3.8) is 0 Å². The van der Waals surface area contributed by atoms with Crippen LogP contribution in [0.5, 0.6) is 0 Å². The lowest BCUT2D eigenvalue weighted by molar-refractivity contribution is -0.144. The number of carbonyl (C=O) groups is 1. The number of carbonyl (C=O) groups excluding carboxylic acids is 1. The van der Waals surface area contributed by atoms with Crippen LogP contribution in [0.25, 0.3) is 0 Å². The number of aliphatic imine (C=N–C) groups is 1. The Morgan fingerprint density at radius 3 is 2.58 bits per heavy atom. The zero-order valence-corrected chi connectivity index (χ0v) is 16.8. The number of nitrogens with zero attached hydrogens (tertiary/aromatic N) is 2. The quantitative estimate of drug-likeness (QED) is 0.235. The summed E-state index contributed by atoms with van der Waals surface area (Å²) in [5.74, 6) is 0.803. The standard InChI is InChI=1S/C21H30N2O2S/c1-3-23(4-2)13-14-25-21(24)11-10-20-18-8-5-7-17(15-18)19(20)9-6-12-22-16-26/h5,7-8,15,19-20H,3-4,6,9-14H2,1-2H3. The lowest BCUT2D eigenvalue weighted by atomic mass is 9.84.